The van der Waals surface area contributed by atoms with Crippen molar-refractivity contribution >= 4 is 23.9 Å². The number of carbonyl (C=O) groups is 4. The molecule has 0 aromatic rings. The number of esters is 2. The van der Waals surface area contributed by atoms with Gasteiger partial charge in [0, 0.05) is 0 Å². The molecule has 10 heteroatoms. The number of carboxylic acids is 2. The average molecular weight is 334 g/mol. The minimum atomic E-state index is -1.10. The Morgan fingerprint density at radius 1 is 0.783 bits per heavy atom. The molecule has 0 spiro atoms. The van der Waals surface area contributed by atoms with Gasteiger partial charge in [-0.3, -0.25) is 19.2 Å². The second-order valence-corrected chi connectivity index (χ2v) is 4.68. The molecular formula is C13H18O10. The molecule has 1 fully saturated rings. The van der Waals surface area contributed by atoms with Gasteiger partial charge in [0.2, 0.25) is 0 Å². The molecular weight excluding hydrogens is 316 g/mol. The van der Waals surface area contributed by atoms with Crippen molar-refractivity contribution in [1.29, 1.82) is 0 Å². The second-order valence-electron chi connectivity index (χ2n) is 4.68. The van der Waals surface area contributed by atoms with Crippen LogP contribution in [0, 0.1) is 0 Å². The van der Waals surface area contributed by atoms with E-state index in [4.69, 9.17) is 29.2 Å². The van der Waals surface area contributed by atoms with Crippen LogP contribution in [0.1, 0.15) is 25.7 Å². The summed E-state index contributed by atoms with van der Waals surface area (Å²) in [6.45, 7) is -0.375. The summed E-state index contributed by atoms with van der Waals surface area (Å²) in [7, 11) is 0. The van der Waals surface area contributed by atoms with Crippen molar-refractivity contribution in [2.24, 2.45) is 0 Å². The molecule has 1 saturated heterocycles. The van der Waals surface area contributed by atoms with Gasteiger partial charge in [-0.15, -0.1) is 0 Å². The van der Waals surface area contributed by atoms with Crippen molar-refractivity contribution in [3.63, 3.8) is 0 Å². The topological polar surface area (TPSA) is 146 Å². The highest BCUT2D eigenvalue weighted by atomic mass is 16.7. The molecule has 2 atom stereocenters. The zero-order valence-corrected chi connectivity index (χ0v) is 12.3. The number of hydrogen-bond donors (Lipinski definition) is 2. The predicted octanol–water partition coefficient (Wildman–Crippen LogP) is -0.456. The molecule has 0 radical (unpaired) electrons. The van der Waals surface area contributed by atoms with Gasteiger partial charge in [-0.1, -0.05) is 0 Å². The van der Waals surface area contributed by atoms with E-state index in [9.17, 15) is 19.2 Å². The van der Waals surface area contributed by atoms with E-state index in [0.717, 1.165) is 0 Å². The Morgan fingerprint density at radius 3 is 1.52 bits per heavy atom. The Hall–Kier alpha value is -2.20. The summed E-state index contributed by atoms with van der Waals surface area (Å²) < 4.78 is 20.1. The molecule has 1 heterocycles. The van der Waals surface area contributed by atoms with E-state index in [0.29, 0.717) is 0 Å². The van der Waals surface area contributed by atoms with Crippen LogP contribution < -0.4 is 0 Å². The van der Waals surface area contributed by atoms with Crippen LogP contribution in [0.4, 0.5) is 0 Å². The van der Waals surface area contributed by atoms with Crippen molar-refractivity contribution in [3.8, 4) is 0 Å². The van der Waals surface area contributed by atoms with Crippen LogP contribution in [0.5, 0.6) is 0 Å². The van der Waals surface area contributed by atoms with Gasteiger partial charge in [-0.25, -0.2) is 0 Å². The second kappa shape index (κ2) is 9.74. The SMILES string of the molecule is O=C(O)CCC(=O)OC[C@@H]1OCO[C@H]1COC(=O)CCC(=O)O. The Kier molecular flexibility index (Phi) is 7.98. The van der Waals surface area contributed by atoms with Crippen LogP contribution >= 0.6 is 0 Å². The fraction of sp³-hybridized carbons (Fsp3) is 0.692. The summed E-state index contributed by atoms with van der Waals surface area (Å²) in [5.74, 6) is -3.57. The first-order chi connectivity index (χ1) is 10.9. The Morgan fingerprint density at radius 2 is 1.17 bits per heavy atom. The third-order valence-corrected chi connectivity index (χ3v) is 2.88. The average Bonchev–Trinajstić information content (AvgIpc) is 2.94. The maximum Gasteiger partial charge on any atom is 0.306 e. The fourth-order valence-corrected chi connectivity index (χ4v) is 1.65. The zero-order chi connectivity index (χ0) is 17.2. The third kappa shape index (κ3) is 8.12. The van der Waals surface area contributed by atoms with Gasteiger partial charge < -0.3 is 29.2 Å². The van der Waals surface area contributed by atoms with Gasteiger partial charge in [0.15, 0.2) is 0 Å². The molecule has 1 aliphatic heterocycles. The number of carbonyl (C=O) groups excluding carboxylic acids is 2. The van der Waals surface area contributed by atoms with E-state index < -0.39 is 36.1 Å². The number of ether oxygens (including phenoxy) is 4. The van der Waals surface area contributed by atoms with Crippen LogP contribution in [0.3, 0.4) is 0 Å². The zero-order valence-electron chi connectivity index (χ0n) is 12.3. The number of rotatable bonds is 10. The van der Waals surface area contributed by atoms with Crippen molar-refractivity contribution < 1.29 is 48.3 Å². The first kappa shape index (κ1) is 18.8. The monoisotopic (exact) mass is 334 g/mol. The molecule has 0 amide bonds. The molecule has 10 nitrogen and oxygen atoms in total. The molecule has 1 aliphatic rings. The maximum absolute atomic E-state index is 11.3. The van der Waals surface area contributed by atoms with E-state index in [2.05, 4.69) is 0 Å². The Labute approximate surface area is 131 Å². The van der Waals surface area contributed by atoms with E-state index in [-0.39, 0.29) is 45.7 Å². The highest BCUT2D eigenvalue weighted by Gasteiger charge is 2.31. The number of aliphatic carboxylic acids is 2. The summed E-state index contributed by atoms with van der Waals surface area (Å²) in [5.41, 5.74) is 0. The van der Waals surface area contributed by atoms with Crippen molar-refractivity contribution in [2.45, 2.75) is 37.9 Å². The molecule has 0 saturated carbocycles. The predicted molar refractivity (Wildman–Crippen MR) is 70.3 cm³/mol. The molecule has 0 aromatic carbocycles. The Balaban J connectivity index is 2.25. The molecule has 2 N–H and O–H groups in total. The van der Waals surface area contributed by atoms with Gasteiger partial charge in [0.25, 0.3) is 0 Å². The van der Waals surface area contributed by atoms with Gasteiger partial charge in [0.1, 0.15) is 32.2 Å². The highest BCUT2D eigenvalue weighted by Crippen LogP contribution is 2.14. The molecule has 0 aliphatic carbocycles. The van der Waals surface area contributed by atoms with Gasteiger partial charge in [0.05, 0.1) is 25.7 Å². The number of hydrogen-bond acceptors (Lipinski definition) is 8. The summed E-state index contributed by atoms with van der Waals surface area (Å²) >= 11 is 0. The van der Waals surface area contributed by atoms with Gasteiger partial charge in [-0.2, -0.15) is 0 Å². The molecule has 1 rings (SSSR count). The molecule has 130 valence electrons. The lowest BCUT2D eigenvalue weighted by molar-refractivity contribution is -0.153. The fourth-order valence-electron chi connectivity index (χ4n) is 1.65. The van der Waals surface area contributed by atoms with Crippen molar-refractivity contribution in [3.05, 3.63) is 0 Å². The van der Waals surface area contributed by atoms with E-state index in [1.807, 2.05) is 0 Å². The quantitative estimate of drug-likeness (QED) is 0.503. The number of carboxylic acid groups (broad SMARTS) is 2. The Bertz CT molecular complexity index is 406. The van der Waals surface area contributed by atoms with E-state index >= 15 is 0 Å². The molecule has 0 unspecified atom stereocenters. The molecule has 23 heavy (non-hydrogen) atoms. The minimum Gasteiger partial charge on any atom is -0.481 e. The van der Waals surface area contributed by atoms with Crippen molar-refractivity contribution in [1.82, 2.24) is 0 Å². The first-order valence-corrected chi connectivity index (χ1v) is 6.86. The van der Waals surface area contributed by atoms with Crippen molar-refractivity contribution in [2.75, 3.05) is 20.0 Å². The van der Waals surface area contributed by atoms with Crippen LogP contribution in [0.2, 0.25) is 0 Å². The first-order valence-electron chi connectivity index (χ1n) is 6.86. The largest absolute Gasteiger partial charge is 0.481 e. The molecule has 0 bridgehead atoms. The summed E-state index contributed by atoms with van der Waals surface area (Å²) in [4.78, 5) is 43.3. The highest BCUT2D eigenvalue weighted by molar-refractivity contribution is 5.77. The smallest absolute Gasteiger partial charge is 0.306 e. The van der Waals surface area contributed by atoms with Crippen LogP contribution in [-0.2, 0) is 38.1 Å². The summed E-state index contributed by atoms with van der Waals surface area (Å²) in [6, 6.07) is 0. The lowest BCUT2D eigenvalue weighted by Gasteiger charge is -2.16. The lowest BCUT2D eigenvalue weighted by Crippen LogP contribution is -2.33. The van der Waals surface area contributed by atoms with Gasteiger partial charge in [-0.05, 0) is 0 Å². The lowest BCUT2D eigenvalue weighted by atomic mass is 10.2. The maximum atomic E-state index is 11.3. The summed E-state index contributed by atoms with van der Waals surface area (Å²) in [5, 5.41) is 16.9. The van der Waals surface area contributed by atoms with Gasteiger partial charge >= 0.3 is 23.9 Å². The normalized spacial score (nSPS) is 20.0. The van der Waals surface area contributed by atoms with Crippen LogP contribution in [0.25, 0.3) is 0 Å². The molecule has 0 aromatic heterocycles. The van der Waals surface area contributed by atoms with Crippen LogP contribution in [-0.4, -0.2) is 66.3 Å². The van der Waals surface area contributed by atoms with E-state index in [1.165, 1.54) is 0 Å². The van der Waals surface area contributed by atoms with E-state index in [1.54, 1.807) is 0 Å². The van der Waals surface area contributed by atoms with Crippen LogP contribution in [0.15, 0.2) is 0 Å². The minimum absolute atomic E-state index is 0.0608. The standard InChI is InChI=1S/C13H18O10/c14-10(15)1-3-12(18)20-5-8-9(23-7-22-8)6-21-13(19)4-2-11(16)17/h8-9H,1-7H2,(H,14,15)(H,16,17)/t8-,9-/m0/s1. The summed E-state index contributed by atoms with van der Waals surface area (Å²) in [6.07, 6.45) is -2.45. The third-order valence-electron chi connectivity index (χ3n) is 2.88.